The molecule has 1 aliphatic rings. The van der Waals surface area contributed by atoms with E-state index in [1.54, 1.807) is 6.07 Å². The van der Waals surface area contributed by atoms with E-state index in [1.165, 1.54) is 0 Å². The highest BCUT2D eigenvalue weighted by Crippen LogP contribution is 2.33. The smallest absolute Gasteiger partial charge is 0.257 e. The fraction of sp³-hybridized carbons (Fsp3) is 0.357. The van der Waals surface area contributed by atoms with Crippen molar-refractivity contribution < 1.29 is 9.90 Å². The van der Waals surface area contributed by atoms with Gasteiger partial charge in [-0.2, -0.15) is 0 Å². The van der Waals surface area contributed by atoms with E-state index in [2.05, 4.69) is 23.7 Å². The van der Waals surface area contributed by atoms with Crippen LogP contribution in [0.4, 0.5) is 11.4 Å². The summed E-state index contributed by atoms with van der Waals surface area (Å²) < 4.78 is 0. The van der Waals surface area contributed by atoms with E-state index in [1.807, 2.05) is 19.1 Å². The van der Waals surface area contributed by atoms with Gasteiger partial charge in [0.1, 0.15) is 0 Å². The van der Waals surface area contributed by atoms with Crippen LogP contribution < -0.4 is 10.2 Å². The number of aliphatic hydroxyl groups excluding tert-OH is 1. The molecular weight excluding hydrogens is 228 g/mol. The van der Waals surface area contributed by atoms with Crippen LogP contribution >= 0.6 is 0 Å². The van der Waals surface area contributed by atoms with Gasteiger partial charge < -0.3 is 15.3 Å². The Morgan fingerprint density at radius 3 is 2.89 bits per heavy atom. The minimum absolute atomic E-state index is 0.356. The number of amides is 1. The third-order valence-electron chi connectivity index (χ3n) is 3.05. The molecule has 0 spiro atoms. The third kappa shape index (κ3) is 2.24. The van der Waals surface area contributed by atoms with Gasteiger partial charge in [0.2, 0.25) is 0 Å². The lowest BCUT2D eigenvalue weighted by molar-refractivity contribution is -0.123. The average molecular weight is 246 g/mol. The van der Waals surface area contributed by atoms with Gasteiger partial charge in [-0.3, -0.25) is 4.79 Å². The molecule has 0 aromatic heterocycles. The first kappa shape index (κ1) is 12.6. The zero-order valence-corrected chi connectivity index (χ0v) is 10.7. The molecule has 1 atom stereocenters. The van der Waals surface area contributed by atoms with Crippen LogP contribution in [0.3, 0.4) is 0 Å². The van der Waals surface area contributed by atoms with Gasteiger partial charge in [-0.25, -0.2) is 0 Å². The van der Waals surface area contributed by atoms with Crippen molar-refractivity contribution in [1.29, 1.82) is 0 Å². The van der Waals surface area contributed by atoms with E-state index in [-0.39, 0.29) is 5.91 Å². The number of nitrogens with one attached hydrogen (secondary N) is 1. The Morgan fingerprint density at radius 1 is 1.56 bits per heavy atom. The zero-order valence-electron chi connectivity index (χ0n) is 10.7. The Labute approximate surface area is 107 Å². The van der Waals surface area contributed by atoms with Gasteiger partial charge in [0.15, 0.2) is 6.10 Å². The monoisotopic (exact) mass is 246 g/mol. The van der Waals surface area contributed by atoms with Crippen molar-refractivity contribution in [3.63, 3.8) is 0 Å². The number of rotatable bonds is 4. The molecule has 1 amide bonds. The van der Waals surface area contributed by atoms with Crippen LogP contribution in [0.2, 0.25) is 0 Å². The highest BCUT2D eigenvalue weighted by atomic mass is 16.3. The van der Waals surface area contributed by atoms with E-state index in [4.69, 9.17) is 0 Å². The first-order chi connectivity index (χ1) is 8.52. The zero-order chi connectivity index (χ0) is 13.3. The Bertz CT molecular complexity index is 497. The summed E-state index contributed by atoms with van der Waals surface area (Å²) in [6.07, 6.45) is -1.04. The number of nitrogens with zero attached hydrogens (tertiary/aromatic N) is 1. The fourth-order valence-electron chi connectivity index (χ4n) is 2.14. The topological polar surface area (TPSA) is 52.6 Å². The molecule has 0 saturated carbocycles. The molecule has 2 rings (SSSR count). The van der Waals surface area contributed by atoms with E-state index in [9.17, 15) is 9.90 Å². The number of hydrogen-bond acceptors (Lipinski definition) is 3. The van der Waals surface area contributed by atoms with Crippen LogP contribution in [-0.2, 0) is 4.79 Å². The van der Waals surface area contributed by atoms with Crippen molar-refractivity contribution in [2.45, 2.75) is 20.0 Å². The van der Waals surface area contributed by atoms with Gasteiger partial charge in [0.05, 0.1) is 0 Å². The minimum atomic E-state index is -1.04. The molecule has 2 N–H and O–H groups in total. The van der Waals surface area contributed by atoms with E-state index in [0.717, 1.165) is 24.4 Å². The Hall–Kier alpha value is -1.81. The Balaban J connectivity index is 2.29. The summed E-state index contributed by atoms with van der Waals surface area (Å²) in [7, 11) is 0. The van der Waals surface area contributed by atoms with Crippen LogP contribution in [-0.4, -0.2) is 24.1 Å². The fourth-order valence-corrected chi connectivity index (χ4v) is 2.14. The Kier molecular flexibility index (Phi) is 3.39. The van der Waals surface area contributed by atoms with E-state index >= 15 is 0 Å². The molecule has 4 nitrogen and oxygen atoms in total. The molecule has 0 bridgehead atoms. The first-order valence-corrected chi connectivity index (χ1v) is 6.05. The van der Waals surface area contributed by atoms with Gasteiger partial charge in [-0.15, -0.1) is 0 Å². The molecule has 1 aliphatic heterocycles. The van der Waals surface area contributed by atoms with Crippen LogP contribution in [0.1, 0.15) is 25.5 Å². The summed E-state index contributed by atoms with van der Waals surface area (Å²) in [6.45, 7) is 9.62. The highest BCUT2D eigenvalue weighted by molar-refractivity contribution is 6.02. The summed E-state index contributed by atoms with van der Waals surface area (Å²) >= 11 is 0. The molecule has 0 aliphatic carbocycles. The molecule has 96 valence electrons. The Morgan fingerprint density at radius 2 is 2.28 bits per heavy atom. The second-order valence-electron chi connectivity index (χ2n) is 4.63. The molecule has 1 aromatic rings. The van der Waals surface area contributed by atoms with Crippen molar-refractivity contribution in [3.05, 3.63) is 35.9 Å². The van der Waals surface area contributed by atoms with Crippen LogP contribution in [0.5, 0.6) is 0 Å². The number of aliphatic hydroxyl groups is 1. The van der Waals surface area contributed by atoms with Gasteiger partial charge in [-0.05, 0) is 26.0 Å². The van der Waals surface area contributed by atoms with Gasteiger partial charge in [0, 0.05) is 30.0 Å². The number of fused-ring (bicyclic) bond motifs is 1. The normalized spacial score (nSPS) is 17.3. The number of carbonyl (C=O) groups excluding carboxylic acids is 1. The number of anilines is 2. The van der Waals surface area contributed by atoms with Gasteiger partial charge >= 0.3 is 0 Å². The number of hydrogen-bond donors (Lipinski definition) is 2. The summed E-state index contributed by atoms with van der Waals surface area (Å²) in [5.41, 5.74) is 3.45. The molecule has 0 fully saturated rings. The average Bonchev–Trinajstić information content (AvgIpc) is 2.61. The lowest BCUT2D eigenvalue weighted by atomic mass is 10.1. The summed E-state index contributed by atoms with van der Waals surface area (Å²) in [5, 5.41) is 12.3. The maximum atomic E-state index is 11.4. The first-order valence-electron chi connectivity index (χ1n) is 6.05. The van der Waals surface area contributed by atoms with Crippen molar-refractivity contribution in [2.24, 2.45) is 0 Å². The van der Waals surface area contributed by atoms with Crippen molar-refractivity contribution in [3.8, 4) is 0 Å². The predicted molar refractivity (Wildman–Crippen MR) is 72.7 cm³/mol. The molecule has 18 heavy (non-hydrogen) atoms. The van der Waals surface area contributed by atoms with Crippen LogP contribution in [0.15, 0.2) is 30.4 Å². The summed E-state index contributed by atoms with van der Waals surface area (Å²) in [5.74, 6) is -0.356. The third-order valence-corrected chi connectivity index (χ3v) is 3.05. The van der Waals surface area contributed by atoms with Crippen molar-refractivity contribution >= 4 is 17.3 Å². The summed E-state index contributed by atoms with van der Waals surface area (Å²) in [4.78, 5) is 13.5. The van der Waals surface area contributed by atoms with Gasteiger partial charge in [-0.1, -0.05) is 18.2 Å². The molecule has 1 aromatic carbocycles. The molecule has 0 radical (unpaired) electrons. The lowest BCUT2D eigenvalue weighted by Gasteiger charge is -2.23. The second-order valence-corrected chi connectivity index (χ2v) is 4.63. The van der Waals surface area contributed by atoms with Crippen LogP contribution in [0, 0.1) is 0 Å². The largest absolute Gasteiger partial charge is 0.378 e. The lowest BCUT2D eigenvalue weighted by Crippen LogP contribution is -2.24. The molecule has 4 heteroatoms. The number of benzene rings is 1. The van der Waals surface area contributed by atoms with Crippen molar-refractivity contribution in [2.75, 3.05) is 23.3 Å². The molecule has 1 unspecified atom stereocenters. The summed E-state index contributed by atoms with van der Waals surface area (Å²) in [6, 6.07) is 5.62. The minimum Gasteiger partial charge on any atom is -0.378 e. The highest BCUT2D eigenvalue weighted by Gasteiger charge is 2.28. The SMILES string of the molecule is C=C(C)CN(CC)c1ccc2c(c1)NC(=O)C2O. The van der Waals surface area contributed by atoms with E-state index in [0.29, 0.717) is 11.3 Å². The standard InChI is InChI=1S/C14H18N2O2/c1-4-16(8-9(2)3)10-5-6-11-12(7-10)15-14(18)13(11)17/h5-7,13,17H,2,4,8H2,1,3H3,(H,15,18). The van der Waals surface area contributed by atoms with Crippen LogP contribution in [0.25, 0.3) is 0 Å². The van der Waals surface area contributed by atoms with Crippen molar-refractivity contribution in [1.82, 2.24) is 0 Å². The molecular formula is C14H18N2O2. The molecule has 0 saturated heterocycles. The number of likely N-dealkylation sites (N-methyl/N-ethyl adjacent to an activating group) is 1. The molecule has 1 heterocycles. The van der Waals surface area contributed by atoms with Gasteiger partial charge in [0.25, 0.3) is 5.91 Å². The maximum absolute atomic E-state index is 11.4. The predicted octanol–water partition coefficient (Wildman–Crippen LogP) is 2.07. The quantitative estimate of drug-likeness (QED) is 0.800. The second kappa shape index (κ2) is 4.82. The van der Waals surface area contributed by atoms with E-state index < -0.39 is 6.10 Å². The maximum Gasteiger partial charge on any atom is 0.257 e. The number of carbonyl (C=O) groups is 1.